The molecule has 0 saturated carbocycles. The quantitative estimate of drug-likeness (QED) is 0.830. The molecule has 0 spiro atoms. The maximum atomic E-state index is 11.0. The normalized spacial score (nSPS) is 10.5. The molecule has 0 aliphatic rings. The van der Waals surface area contributed by atoms with Crippen molar-refractivity contribution in [3.63, 3.8) is 0 Å². The van der Waals surface area contributed by atoms with Crippen LogP contribution in [-0.2, 0) is 0 Å². The molecule has 0 fully saturated rings. The second kappa shape index (κ2) is 4.63. The average Bonchev–Trinajstić information content (AvgIpc) is 2.58. The first-order chi connectivity index (χ1) is 8.09. The zero-order valence-electron chi connectivity index (χ0n) is 9.68. The van der Waals surface area contributed by atoms with E-state index in [2.05, 4.69) is 5.10 Å². The van der Waals surface area contributed by atoms with Gasteiger partial charge in [-0.25, -0.2) is 4.68 Å². The molecule has 0 aliphatic heterocycles. The van der Waals surface area contributed by atoms with E-state index in [0.29, 0.717) is 0 Å². The number of aryl methyl sites for hydroxylation is 1. The summed E-state index contributed by atoms with van der Waals surface area (Å²) in [6.07, 6.45) is 0. The average molecular weight is 247 g/mol. The van der Waals surface area contributed by atoms with Crippen molar-refractivity contribution in [1.29, 1.82) is 0 Å². The minimum absolute atomic E-state index is 0.413. The highest BCUT2D eigenvalue weighted by molar-refractivity contribution is 8.13. The summed E-state index contributed by atoms with van der Waals surface area (Å²) < 4.78 is 1.82. The number of para-hydroxylation sites is 1. The second-order valence-corrected chi connectivity index (χ2v) is 4.68. The lowest BCUT2D eigenvalue weighted by Gasteiger charge is -2.03. The first-order valence-electron chi connectivity index (χ1n) is 5.18. The maximum Gasteiger partial charge on any atom is 0.281 e. The number of nitrogens with zero attached hydrogens (tertiary/aromatic N) is 2. The molecule has 0 aliphatic carbocycles. The molecule has 5 heteroatoms. The molecule has 1 heterocycles. The van der Waals surface area contributed by atoms with Gasteiger partial charge in [-0.05, 0) is 37.7 Å². The number of benzene rings is 1. The predicted octanol–water partition coefficient (Wildman–Crippen LogP) is 2.66. The molecule has 17 heavy (non-hydrogen) atoms. The number of thioether (sulfide) groups is 1. The lowest BCUT2D eigenvalue weighted by molar-refractivity contribution is 0.267. The summed E-state index contributed by atoms with van der Waals surface area (Å²) in [6.45, 7) is 3.80. The SMILES string of the molecule is Cc1nn(-c2ccccc2)c(C)c1SC(N)=O. The number of rotatable bonds is 2. The van der Waals surface area contributed by atoms with Crippen LogP contribution in [0.25, 0.3) is 5.69 Å². The number of carbonyl (C=O) groups is 1. The number of aromatic nitrogens is 2. The van der Waals surface area contributed by atoms with Crippen LogP contribution in [0, 0.1) is 13.8 Å². The fraction of sp³-hybridized carbons (Fsp3) is 0.167. The van der Waals surface area contributed by atoms with Crippen LogP contribution < -0.4 is 5.73 Å². The summed E-state index contributed by atoms with van der Waals surface area (Å²) in [5, 5.41) is 4.01. The summed E-state index contributed by atoms with van der Waals surface area (Å²) in [5.41, 5.74) is 7.92. The summed E-state index contributed by atoms with van der Waals surface area (Å²) in [6, 6.07) is 9.80. The van der Waals surface area contributed by atoms with Crippen LogP contribution in [-0.4, -0.2) is 15.0 Å². The maximum absolute atomic E-state index is 11.0. The van der Waals surface area contributed by atoms with Gasteiger partial charge >= 0.3 is 0 Å². The predicted molar refractivity (Wildman–Crippen MR) is 68.5 cm³/mol. The number of hydrogen-bond donors (Lipinski definition) is 1. The van der Waals surface area contributed by atoms with Gasteiger partial charge in [-0.1, -0.05) is 18.2 Å². The van der Waals surface area contributed by atoms with Crippen molar-refractivity contribution in [2.75, 3.05) is 0 Å². The topological polar surface area (TPSA) is 60.9 Å². The minimum Gasteiger partial charge on any atom is -0.360 e. The van der Waals surface area contributed by atoms with Gasteiger partial charge in [0.1, 0.15) is 0 Å². The van der Waals surface area contributed by atoms with Gasteiger partial charge < -0.3 is 5.73 Å². The fourth-order valence-corrected chi connectivity index (χ4v) is 2.32. The van der Waals surface area contributed by atoms with Crippen LogP contribution in [0.2, 0.25) is 0 Å². The summed E-state index contributed by atoms with van der Waals surface area (Å²) in [7, 11) is 0. The molecule has 0 radical (unpaired) electrons. The lowest BCUT2D eigenvalue weighted by atomic mass is 10.3. The highest BCUT2D eigenvalue weighted by Gasteiger charge is 2.14. The minimum atomic E-state index is -0.413. The van der Waals surface area contributed by atoms with E-state index < -0.39 is 5.24 Å². The van der Waals surface area contributed by atoms with Crippen LogP contribution in [0.15, 0.2) is 35.2 Å². The van der Waals surface area contributed by atoms with Crippen molar-refractivity contribution >= 4 is 17.0 Å². The van der Waals surface area contributed by atoms with E-state index >= 15 is 0 Å². The standard InChI is InChI=1S/C12H13N3OS/c1-8-11(17-12(13)16)9(2)15(14-8)10-6-4-3-5-7-10/h3-7H,1-2H3,(H2,13,16). The Morgan fingerprint density at radius 1 is 1.29 bits per heavy atom. The van der Waals surface area contributed by atoms with Crippen LogP contribution in [0.4, 0.5) is 4.79 Å². The van der Waals surface area contributed by atoms with Gasteiger partial charge in [0.05, 0.1) is 22.0 Å². The molecule has 0 unspecified atom stereocenters. The third-order valence-corrected chi connectivity index (χ3v) is 3.42. The van der Waals surface area contributed by atoms with E-state index in [1.54, 1.807) is 0 Å². The molecule has 4 nitrogen and oxygen atoms in total. The molecule has 1 aromatic carbocycles. The Hall–Kier alpha value is -1.75. The zero-order chi connectivity index (χ0) is 12.4. The number of hydrogen-bond acceptors (Lipinski definition) is 3. The van der Waals surface area contributed by atoms with E-state index in [-0.39, 0.29) is 0 Å². The fourth-order valence-electron chi connectivity index (χ4n) is 1.70. The molecule has 2 rings (SSSR count). The molecule has 88 valence electrons. The Morgan fingerprint density at radius 2 is 1.94 bits per heavy atom. The zero-order valence-corrected chi connectivity index (χ0v) is 10.5. The second-order valence-electron chi connectivity index (χ2n) is 3.67. The first kappa shape index (κ1) is 11.7. The number of amides is 1. The summed E-state index contributed by atoms with van der Waals surface area (Å²) >= 11 is 1.02. The van der Waals surface area contributed by atoms with Gasteiger partial charge in [-0.15, -0.1) is 0 Å². The third kappa shape index (κ3) is 2.34. The Labute approximate surface area is 104 Å². The molecule has 0 bridgehead atoms. The molecule has 1 aromatic heterocycles. The molecular formula is C12H13N3OS. The highest BCUT2D eigenvalue weighted by Crippen LogP contribution is 2.27. The largest absolute Gasteiger partial charge is 0.360 e. The summed E-state index contributed by atoms with van der Waals surface area (Å²) in [5.74, 6) is 0. The number of primary amides is 1. The van der Waals surface area contributed by atoms with Crippen molar-refractivity contribution in [3.05, 3.63) is 41.7 Å². The van der Waals surface area contributed by atoms with E-state index in [1.807, 2.05) is 48.9 Å². The van der Waals surface area contributed by atoms with Crippen molar-refractivity contribution in [2.24, 2.45) is 5.73 Å². The smallest absolute Gasteiger partial charge is 0.281 e. The van der Waals surface area contributed by atoms with Gasteiger partial charge in [-0.3, -0.25) is 4.79 Å². The number of carbonyl (C=O) groups excluding carboxylic acids is 1. The highest BCUT2D eigenvalue weighted by atomic mass is 32.2. The van der Waals surface area contributed by atoms with Crippen LogP contribution >= 0.6 is 11.8 Å². The molecule has 0 saturated heterocycles. The first-order valence-corrected chi connectivity index (χ1v) is 6.00. The monoisotopic (exact) mass is 247 g/mol. The van der Waals surface area contributed by atoms with Gasteiger partial charge in [0.2, 0.25) is 0 Å². The lowest BCUT2D eigenvalue weighted by Crippen LogP contribution is -2.02. The van der Waals surface area contributed by atoms with E-state index in [9.17, 15) is 4.79 Å². The third-order valence-electron chi connectivity index (χ3n) is 2.43. The molecule has 2 N–H and O–H groups in total. The van der Waals surface area contributed by atoms with E-state index in [0.717, 1.165) is 33.7 Å². The molecular weight excluding hydrogens is 234 g/mol. The molecule has 2 aromatic rings. The van der Waals surface area contributed by atoms with Crippen molar-refractivity contribution in [2.45, 2.75) is 18.7 Å². The van der Waals surface area contributed by atoms with Crippen LogP contribution in [0.5, 0.6) is 0 Å². The Balaban J connectivity index is 2.48. The summed E-state index contributed by atoms with van der Waals surface area (Å²) in [4.78, 5) is 11.8. The van der Waals surface area contributed by atoms with Gasteiger partial charge in [0.15, 0.2) is 0 Å². The Kier molecular flexibility index (Phi) is 3.19. The number of nitrogens with two attached hydrogens (primary N) is 1. The van der Waals surface area contributed by atoms with Crippen LogP contribution in [0.3, 0.4) is 0 Å². The van der Waals surface area contributed by atoms with Crippen molar-refractivity contribution < 1.29 is 4.79 Å². The van der Waals surface area contributed by atoms with Gasteiger partial charge in [0, 0.05) is 0 Å². The van der Waals surface area contributed by atoms with Crippen molar-refractivity contribution in [1.82, 2.24) is 9.78 Å². The molecule has 1 amide bonds. The Bertz CT molecular complexity index is 548. The van der Waals surface area contributed by atoms with E-state index in [1.165, 1.54) is 0 Å². The van der Waals surface area contributed by atoms with E-state index in [4.69, 9.17) is 5.73 Å². The van der Waals surface area contributed by atoms with Gasteiger partial charge in [-0.2, -0.15) is 5.10 Å². The molecule has 0 atom stereocenters. The van der Waals surface area contributed by atoms with Crippen LogP contribution in [0.1, 0.15) is 11.4 Å². The Morgan fingerprint density at radius 3 is 2.53 bits per heavy atom. The van der Waals surface area contributed by atoms with Gasteiger partial charge in [0.25, 0.3) is 5.24 Å². The van der Waals surface area contributed by atoms with Crippen molar-refractivity contribution in [3.8, 4) is 5.69 Å².